The van der Waals surface area contributed by atoms with Crippen LogP contribution in [0.15, 0.2) is 36.8 Å². The van der Waals surface area contributed by atoms with E-state index in [-0.39, 0.29) is 5.91 Å². The summed E-state index contributed by atoms with van der Waals surface area (Å²) >= 11 is 0. The topological polar surface area (TPSA) is 83.8 Å². The monoisotopic (exact) mass is 244 g/mol. The zero-order chi connectivity index (χ0) is 13.2. The number of nitrogens with zero attached hydrogens (tertiary/aromatic N) is 1. The van der Waals surface area contributed by atoms with Crippen molar-refractivity contribution in [2.75, 3.05) is 5.32 Å². The van der Waals surface area contributed by atoms with Crippen molar-refractivity contribution in [1.29, 1.82) is 0 Å². The molecule has 4 N–H and O–H groups in total. The Labute approximate surface area is 105 Å². The fraction of sp³-hybridized carbons (Fsp3) is 0.231. The van der Waals surface area contributed by atoms with Gasteiger partial charge in [0, 0.05) is 5.69 Å². The number of carbonyl (C=O) groups excluding carboxylic acids is 1. The van der Waals surface area contributed by atoms with Crippen LogP contribution in [0.5, 0.6) is 0 Å². The van der Waals surface area contributed by atoms with Crippen LogP contribution >= 0.6 is 0 Å². The summed E-state index contributed by atoms with van der Waals surface area (Å²) in [5, 5.41) is 2.76. The van der Waals surface area contributed by atoms with Crippen LogP contribution in [0.25, 0.3) is 11.3 Å². The number of aromatic nitrogens is 2. The molecule has 0 aliphatic heterocycles. The number of nitrogens with two attached hydrogens (primary N) is 1. The fourth-order valence-corrected chi connectivity index (χ4v) is 1.44. The molecule has 1 amide bonds. The highest BCUT2D eigenvalue weighted by molar-refractivity contribution is 5.97. The Morgan fingerprint density at radius 3 is 2.50 bits per heavy atom. The van der Waals surface area contributed by atoms with Gasteiger partial charge in [0.05, 0.1) is 23.8 Å². The van der Waals surface area contributed by atoms with E-state index in [4.69, 9.17) is 5.73 Å². The molecule has 18 heavy (non-hydrogen) atoms. The van der Waals surface area contributed by atoms with E-state index in [1.807, 2.05) is 24.3 Å². The number of aromatic amines is 1. The smallest absolute Gasteiger partial charge is 0.243 e. The van der Waals surface area contributed by atoms with Gasteiger partial charge in [-0.15, -0.1) is 0 Å². The first-order chi connectivity index (χ1) is 8.47. The third kappa shape index (κ3) is 2.75. The van der Waals surface area contributed by atoms with E-state index in [1.54, 1.807) is 26.4 Å². The van der Waals surface area contributed by atoms with Crippen molar-refractivity contribution in [1.82, 2.24) is 9.97 Å². The third-order valence-corrected chi connectivity index (χ3v) is 2.54. The normalized spacial score (nSPS) is 11.3. The van der Waals surface area contributed by atoms with E-state index in [9.17, 15) is 4.79 Å². The molecule has 1 heterocycles. The average Bonchev–Trinajstić information content (AvgIpc) is 2.82. The molecule has 0 unspecified atom stereocenters. The van der Waals surface area contributed by atoms with Crippen molar-refractivity contribution in [2.24, 2.45) is 5.73 Å². The van der Waals surface area contributed by atoms with E-state index in [1.165, 1.54) is 0 Å². The maximum absolute atomic E-state index is 11.7. The molecule has 5 heteroatoms. The molecule has 0 bridgehead atoms. The van der Waals surface area contributed by atoms with Gasteiger partial charge in [0.25, 0.3) is 0 Å². The van der Waals surface area contributed by atoms with Crippen LogP contribution in [0.4, 0.5) is 5.69 Å². The van der Waals surface area contributed by atoms with Gasteiger partial charge in [-0.05, 0) is 31.5 Å². The lowest BCUT2D eigenvalue weighted by Crippen LogP contribution is -2.45. The molecule has 0 saturated carbocycles. The van der Waals surface area contributed by atoms with Crippen molar-refractivity contribution in [3.8, 4) is 11.3 Å². The van der Waals surface area contributed by atoms with Crippen LogP contribution in [0, 0.1) is 0 Å². The minimum absolute atomic E-state index is 0.211. The Morgan fingerprint density at radius 2 is 2.00 bits per heavy atom. The second-order valence-corrected chi connectivity index (χ2v) is 4.72. The molecule has 0 saturated heterocycles. The summed E-state index contributed by atoms with van der Waals surface area (Å²) in [6, 6.07) is 7.49. The van der Waals surface area contributed by atoms with Gasteiger partial charge in [0.1, 0.15) is 0 Å². The summed E-state index contributed by atoms with van der Waals surface area (Å²) in [5.41, 5.74) is 7.49. The number of H-pyrrole nitrogens is 1. The van der Waals surface area contributed by atoms with E-state index < -0.39 is 5.54 Å². The molecule has 0 atom stereocenters. The van der Waals surface area contributed by atoms with Crippen LogP contribution in [0.1, 0.15) is 13.8 Å². The van der Waals surface area contributed by atoms with E-state index >= 15 is 0 Å². The zero-order valence-electron chi connectivity index (χ0n) is 10.4. The highest BCUT2D eigenvalue weighted by Gasteiger charge is 2.21. The Balaban J connectivity index is 2.12. The van der Waals surface area contributed by atoms with E-state index in [0.29, 0.717) is 0 Å². The molecule has 1 aromatic heterocycles. The minimum atomic E-state index is -0.887. The first-order valence-electron chi connectivity index (χ1n) is 5.66. The lowest BCUT2D eigenvalue weighted by atomic mass is 10.1. The van der Waals surface area contributed by atoms with Crippen LogP contribution in [-0.4, -0.2) is 21.4 Å². The minimum Gasteiger partial charge on any atom is -0.345 e. The van der Waals surface area contributed by atoms with Gasteiger partial charge in [-0.2, -0.15) is 0 Å². The van der Waals surface area contributed by atoms with Crippen molar-refractivity contribution < 1.29 is 4.79 Å². The number of hydrogen-bond donors (Lipinski definition) is 3. The number of nitrogens with one attached hydrogen (secondary N) is 2. The van der Waals surface area contributed by atoms with E-state index in [0.717, 1.165) is 16.9 Å². The van der Waals surface area contributed by atoms with E-state index in [2.05, 4.69) is 15.3 Å². The SMILES string of the molecule is CC(C)(N)C(=O)Nc1ccc(-c2cnc[nH]2)cc1. The predicted molar refractivity (Wildman–Crippen MR) is 70.9 cm³/mol. The lowest BCUT2D eigenvalue weighted by Gasteiger charge is -2.17. The molecule has 2 aromatic rings. The van der Waals surface area contributed by atoms with Gasteiger partial charge in [0.2, 0.25) is 5.91 Å². The Morgan fingerprint density at radius 1 is 1.33 bits per heavy atom. The van der Waals surface area contributed by atoms with Crippen LogP contribution in [0.3, 0.4) is 0 Å². The lowest BCUT2D eigenvalue weighted by molar-refractivity contribution is -0.120. The first kappa shape index (κ1) is 12.3. The third-order valence-electron chi connectivity index (χ3n) is 2.54. The highest BCUT2D eigenvalue weighted by Crippen LogP contribution is 2.19. The molecule has 5 nitrogen and oxygen atoms in total. The first-order valence-corrected chi connectivity index (χ1v) is 5.66. The van der Waals surface area contributed by atoms with Crippen molar-refractivity contribution in [3.05, 3.63) is 36.8 Å². The quantitative estimate of drug-likeness (QED) is 0.769. The van der Waals surface area contributed by atoms with Gasteiger partial charge in [-0.1, -0.05) is 12.1 Å². The largest absolute Gasteiger partial charge is 0.345 e. The number of amides is 1. The summed E-state index contributed by atoms with van der Waals surface area (Å²) < 4.78 is 0. The molecule has 1 aromatic carbocycles. The number of hydrogen-bond acceptors (Lipinski definition) is 3. The van der Waals surface area contributed by atoms with Crippen LogP contribution in [0.2, 0.25) is 0 Å². The van der Waals surface area contributed by atoms with Crippen molar-refractivity contribution in [3.63, 3.8) is 0 Å². The van der Waals surface area contributed by atoms with Gasteiger partial charge >= 0.3 is 0 Å². The second kappa shape index (κ2) is 4.62. The highest BCUT2D eigenvalue weighted by atomic mass is 16.2. The molecule has 94 valence electrons. The Kier molecular flexibility index (Phi) is 3.16. The van der Waals surface area contributed by atoms with Gasteiger partial charge < -0.3 is 16.0 Å². The molecule has 0 aliphatic rings. The van der Waals surface area contributed by atoms with Gasteiger partial charge in [-0.3, -0.25) is 4.79 Å². The molecular formula is C13H16N4O. The van der Waals surface area contributed by atoms with Crippen LogP contribution in [-0.2, 0) is 4.79 Å². The standard InChI is InChI=1S/C13H16N4O/c1-13(2,14)12(18)17-10-5-3-9(4-6-10)11-7-15-8-16-11/h3-8H,14H2,1-2H3,(H,15,16)(H,17,18). The number of imidazole rings is 1. The zero-order valence-corrected chi connectivity index (χ0v) is 10.4. The predicted octanol–water partition coefficient (Wildman–Crippen LogP) is 1.75. The molecule has 0 aliphatic carbocycles. The number of carbonyl (C=O) groups is 1. The van der Waals surface area contributed by atoms with Crippen molar-refractivity contribution in [2.45, 2.75) is 19.4 Å². The molecule has 0 radical (unpaired) electrons. The molecular weight excluding hydrogens is 228 g/mol. The number of anilines is 1. The average molecular weight is 244 g/mol. The maximum atomic E-state index is 11.7. The summed E-state index contributed by atoms with van der Waals surface area (Å²) in [6.45, 7) is 3.34. The molecule has 0 spiro atoms. The summed E-state index contributed by atoms with van der Waals surface area (Å²) in [6.07, 6.45) is 3.37. The van der Waals surface area contributed by atoms with Gasteiger partial charge in [0.15, 0.2) is 0 Å². The van der Waals surface area contributed by atoms with Crippen molar-refractivity contribution >= 4 is 11.6 Å². The second-order valence-electron chi connectivity index (χ2n) is 4.72. The summed E-state index contributed by atoms with van der Waals surface area (Å²) in [4.78, 5) is 18.7. The number of rotatable bonds is 3. The number of benzene rings is 1. The Bertz CT molecular complexity index is 523. The summed E-state index contributed by atoms with van der Waals surface area (Å²) in [5.74, 6) is -0.211. The fourth-order valence-electron chi connectivity index (χ4n) is 1.44. The summed E-state index contributed by atoms with van der Waals surface area (Å²) in [7, 11) is 0. The van der Waals surface area contributed by atoms with Gasteiger partial charge in [-0.25, -0.2) is 4.98 Å². The maximum Gasteiger partial charge on any atom is 0.243 e. The van der Waals surface area contributed by atoms with Crippen LogP contribution < -0.4 is 11.1 Å². The molecule has 0 fully saturated rings. The molecule has 2 rings (SSSR count). The Hall–Kier alpha value is -2.14.